The number of rotatable bonds is 7. The van der Waals surface area contributed by atoms with Crippen molar-refractivity contribution >= 4 is 17.1 Å². The molecular formula is C55H39N. The fraction of sp³-hybridized carbons (Fsp3) is 0.0182. The van der Waals surface area contributed by atoms with Gasteiger partial charge in [-0.1, -0.05) is 200 Å². The fourth-order valence-corrected chi connectivity index (χ4v) is 8.84. The molecule has 0 N–H and O–H groups in total. The first-order valence-corrected chi connectivity index (χ1v) is 19.3. The third-order valence-corrected chi connectivity index (χ3v) is 11.4. The van der Waals surface area contributed by atoms with Crippen molar-refractivity contribution in [2.75, 3.05) is 4.90 Å². The van der Waals surface area contributed by atoms with Crippen molar-refractivity contribution in [2.45, 2.75) is 5.41 Å². The molecule has 9 aromatic rings. The molecule has 0 heterocycles. The first kappa shape index (κ1) is 33.4. The Kier molecular flexibility index (Phi) is 8.46. The lowest BCUT2D eigenvalue weighted by atomic mass is 9.63. The number of hydrogen-bond donors (Lipinski definition) is 0. The number of nitrogens with zero attached hydrogens (tertiary/aromatic N) is 1. The van der Waals surface area contributed by atoms with Crippen molar-refractivity contribution in [3.05, 3.63) is 259 Å². The SMILES string of the molecule is c1ccc(-c2ccc(N(c3ccc(-c4ccccc4)cc3)c3ccc(C4(c5ccccc5)c5ccccc5-c5ccccc5-c5ccccc54)cc3)cc2)cc1. The molecule has 1 aliphatic carbocycles. The van der Waals surface area contributed by atoms with Gasteiger partial charge in [-0.05, 0) is 103 Å². The zero-order valence-corrected chi connectivity index (χ0v) is 31.0. The highest BCUT2D eigenvalue weighted by Gasteiger charge is 2.43. The van der Waals surface area contributed by atoms with Crippen LogP contribution in [-0.2, 0) is 5.41 Å². The molecule has 0 fully saturated rings. The third kappa shape index (κ3) is 5.65. The van der Waals surface area contributed by atoms with Crippen LogP contribution in [0.15, 0.2) is 237 Å². The lowest BCUT2D eigenvalue weighted by Gasteiger charge is -2.38. The molecule has 1 heteroatoms. The summed E-state index contributed by atoms with van der Waals surface area (Å²) in [4.78, 5) is 2.37. The van der Waals surface area contributed by atoms with E-state index in [0.717, 1.165) is 17.1 Å². The van der Waals surface area contributed by atoms with Gasteiger partial charge in [0.25, 0.3) is 0 Å². The van der Waals surface area contributed by atoms with E-state index in [4.69, 9.17) is 0 Å². The standard InChI is InChI=1S/C55H39N/c1-4-16-40(17-5-1)42-28-34-46(35-29-42)56(47-36-30-43(31-37-47)41-18-6-2-7-19-41)48-38-32-45(33-39-48)55(44-20-8-3-9-21-44)53-26-14-12-24-51(53)49-22-10-11-23-50(49)52-25-13-15-27-54(52)55/h1-39H. The smallest absolute Gasteiger partial charge is 0.0713 e. The van der Waals surface area contributed by atoms with Crippen LogP contribution in [0.4, 0.5) is 17.1 Å². The highest BCUT2D eigenvalue weighted by molar-refractivity contribution is 5.93. The molecule has 0 saturated carbocycles. The highest BCUT2D eigenvalue weighted by atomic mass is 15.1. The fourth-order valence-electron chi connectivity index (χ4n) is 8.84. The summed E-state index contributed by atoms with van der Waals surface area (Å²) in [6.45, 7) is 0. The van der Waals surface area contributed by atoms with Crippen LogP contribution in [0, 0.1) is 0 Å². The number of hydrogen-bond acceptors (Lipinski definition) is 1. The maximum absolute atomic E-state index is 2.37. The van der Waals surface area contributed by atoms with Gasteiger partial charge in [0.05, 0.1) is 5.41 Å². The molecule has 0 saturated heterocycles. The van der Waals surface area contributed by atoms with Gasteiger partial charge in [-0.3, -0.25) is 0 Å². The summed E-state index contributed by atoms with van der Waals surface area (Å²) in [5, 5.41) is 0. The highest BCUT2D eigenvalue weighted by Crippen LogP contribution is 2.55. The van der Waals surface area contributed by atoms with Gasteiger partial charge in [0.2, 0.25) is 0 Å². The van der Waals surface area contributed by atoms with Crippen LogP contribution in [0.3, 0.4) is 0 Å². The van der Waals surface area contributed by atoms with Gasteiger partial charge in [0, 0.05) is 17.1 Å². The largest absolute Gasteiger partial charge is 0.311 e. The van der Waals surface area contributed by atoms with Crippen LogP contribution >= 0.6 is 0 Å². The van der Waals surface area contributed by atoms with Crippen molar-refractivity contribution in [1.82, 2.24) is 0 Å². The quantitative estimate of drug-likeness (QED) is 0.159. The molecule has 1 nitrogen and oxygen atoms in total. The average Bonchev–Trinajstić information content (AvgIpc) is 3.40. The molecule has 1 aliphatic rings. The Bertz CT molecular complexity index is 2600. The van der Waals surface area contributed by atoms with E-state index < -0.39 is 5.41 Å². The van der Waals surface area contributed by atoms with Crippen LogP contribution in [0.5, 0.6) is 0 Å². The van der Waals surface area contributed by atoms with E-state index in [1.165, 1.54) is 66.8 Å². The molecule has 0 radical (unpaired) electrons. The lowest BCUT2D eigenvalue weighted by molar-refractivity contribution is 0.751. The zero-order valence-electron chi connectivity index (χ0n) is 31.0. The van der Waals surface area contributed by atoms with E-state index in [1.54, 1.807) is 0 Å². The summed E-state index contributed by atoms with van der Waals surface area (Å²) >= 11 is 0. The van der Waals surface area contributed by atoms with Gasteiger partial charge >= 0.3 is 0 Å². The maximum Gasteiger partial charge on any atom is 0.0713 e. The molecule has 56 heavy (non-hydrogen) atoms. The van der Waals surface area contributed by atoms with Gasteiger partial charge in [-0.15, -0.1) is 0 Å². The van der Waals surface area contributed by atoms with Crippen molar-refractivity contribution in [3.8, 4) is 44.5 Å². The minimum Gasteiger partial charge on any atom is -0.311 e. The van der Waals surface area contributed by atoms with Crippen LogP contribution in [-0.4, -0.2) is 0 Å². The summed E-state index contributed by atoms with van der Waals surface area (Å²) in [6, 6.07) is 86.3. The van der Waals surface area contributed by atoms with Crippen LogP contribution in [0.1, 0.15) is 22.3 Å². The van der Waals surface area contributed by atoms with E-state index in [1.807, 2.05) is 0 Å². The molecule has 264 valence electrons. The second kappa shape index (κ2) is 14.2. The Balaban J connectivity index is 1.16. The molecule has 10 rings (SSSR count). The molecule has 0 unspecified atom stereocenters. The molecule has 0 spiro atoms. The Labute approximate surface area is 329 Å². The van der Waals surface area contributed by atoms with E-state index >= 15 is 0 Å². The van der Waals surface area contributed by atoms with Crippen molar-refractivity contribution in [2.24, 2.45) is 0 Å². The average molecular weight is 714 g/mol. The van der Waals surface area contributed by atoms with Gasteiger partial charge in [0.15, 0.2) is 0 Å². The maximum atomic E-state index is 2.37. The second-order valence-corrected chi connectivity index (χ2v) is 14.5. The molecule has 9 aromatic carbocycles. The van der Waals surface area contributed by atoms with Gasteiger partial charge in [-0.25, -0.2) is 0 Å². The second-order valence-electron chi connectivity index (χ2n) is 14.5. The monoisotopic (exact) mass is 713 g/mol. The van der Waals surface area contributed by atoms with E-state index in [2.05, 4.69) is 241 Å². The predicted molar refractivity (Wildman–Crippen MR) is 235 cm³/mol. The van der Waals surface area contributed by atoms with E-state index in [-0.39, 0.29) is 0 Å². The number of fused-ring (bicyclic) bond motifs is 5. The van der Waals surface area contributed by atoms with Crippen molar-refractivity contribution < 1.29 is 0 Å². The summed E-state index contributed by atoms with van der Waals surface area (Å²) < 4.78 is 0. The molecule has 0 bridgehead atoms. The molecular weight excluding hydrogens is 675 g/mol. The molecule has 0 aromatic heterocycles. The van der Waals surface area contributed by atoms with E-state index in [9.17, 15) is 0 Å². The summed E-state index contributed by atoms with van der Waals surface area (Å²) in [7, 11) is 0. The number of benzene rings is 9. The summed E-state index contributed by atoms with van der Waals surface area (Å²) in [5.41, 5.74) is 17.6. The minimum absolute atomic E-state index is 0.578. The molecule has 0 atom stereocenters. The Morgan fingerprint density at radius 3 is 0.964 bits per heavy atom. The third-order valence-electron chi connectivity index (χ3n) is 11.4. The van der Waals surface area contributed by atoms with Crippen LogP contribution in [0.2, 0.25) is 0 Å². The van der Waals surface area contributed by atoms with Crippen LogP contribution < -0.4 is 4.90 Å². The predicted octanol–water partition coefficient (Wildman–Crippen LogP) is 14.5. The van der Waals surface area contributed by atoms with Crippen molar-refractivity contribution in [1.29, 1.82) is 0 Å². The first-order valence-electron chi connectivity index (χ1n) is 19.3. The Morgan fingerprint density at radius 2 is 0.536 bits per heavy atom. The molecule has 0 amide bonds. The van der Waals surface area contributed by atoms with Gasteiger partial charge in [-0.2, -0.15) is 0 Å². The first-order chi connectivity index (χ1) is 27.8. The molecule has 0 aliphatic heterocycles. The lowest BCUT2D eigenvalue weighted by Crippen LogP contribution is -2.31. The van der Waals surface area contributed by atoms with Gasteiger partial charge < -0.3 is 4.90 Å². The topological polar surface area (TPSA) is 3.24 Å². The normalized spacial score (nSPS) is 12.4. The van der Waals surface area contributed by atoms with Crippen LogP contribution in [0.25, 0.3) is 44.5 Å². The Morgan fingerprint density at radius 1 is 0.232 bits per heavy atom. The Hall–Kier alpha value is -7.22. The van der Waals surface area contributed by atoms with Crippen molar-refractivity contribution in [3.63, 3.8) is 0 Å². The van der Waals surface area contributed by atoms with Gasteiger partial charge in [0.1, 0.15) is 0 Å². The summed E-state index contributed by atoms with van der Waals surface area (Å²) in [5.74, 6) is 0. The summed E-state index contributed by atoms with van der Waals surface area (Å²) in [6.07, 6.45) is 0. The zero-order chi connectivity index (χ0) is 37.3. The van der Waals surface area contributed by atoms with E-state index in [0.29, 0.717) is 0 Å². The minimum atomic E-state index is -0.578. The number of anilines is 3.